The van der Waals surface area contributed by atoms with Crippen LogP contribution in [0.5, 0.6) is 5.75 Å². The summed E-state index contributed by atoms with van der Waals surface area (Å²) in [5.41, 5.74) is 3.37. The molecule has 2 nitrogen and oxygen atoms in total. The molecule has 0 bridgehead atoms. The van der Waals surface area contributed by atoms with Gasteiger partial charge in [-0.1, -0.05) is 49.7 Å². The number of hydrogen-bond donors (Lipinski definition) is 1. The highest BCUT2D eigenvalue weighted by atomic mass is 35.5. The average Bonchev–Trinajstić information content (AvgIpc) is 2.52. The van der Waals surface area contributed by atoms with Gasteiger partial charge in [0.1, 0.15) is 5.75 Å². The molecule has 0 aliphatic heterocycles. The lowest BCUT2D eigenvalue weighted by Crippen LogP contribution is -2.11. The highest BCUT2D eigenvalue weighted by Crippen LogP contribution is 2.30. The number of benzene rings is 2. The molecule has 0 aromatic heterocycles. The summed E-state index contributed by atoms with van der Waals surface area (Å²) in [4.78, 5) is 0. The Morgan fingerprint density at radius 2 is 1.81 bits per heavy atom. The fourth-order valence-corrected chi connectivity index (χ4v) is 2.43. The Morgan fingerprint density at radius 1 is 1.05 bits per heavy atom. The van der Waals surface area contributed by atoms with E-state index < -0.39 is 0 Å². The first-order valence-corrected chi connectivity index (χ1v) is 7.84. The standard InChI is InChI=1S/C18H22ClNO/c1-3-11-21-16-8-6-15(7-9-16)17-10-5-14(12-18(17)19)13-20-4-2/h5-10,12,20H,3-4,11,13H2,1-2H3. The minimum absolute atomic E-state index is 0.749. The third-order valence-electron chi connectivity index (χ3n) is 3.25. The monoisotopic (exact) mass is 303 g/mol. The van der Waals surface area contributed by atoms with Crippen LogP contribution in [0.3, 0.4) is 0 Å². The van der Waals surface area contributed by atoms with Crippen LogP contribution in [-0.2, 0) is 6.54 Å². The highest BCUT2D eigenvalue weighted by molar-refractivity contribution is 6.33. The highest BCUT2D eigenvalue weighted by Gasteiger charge is 2.05. The third kappa shape index (κ3) is 4.48. The maximum Gasteiger partial charge on any atom is 0.119 e. The number of nitrogens with one attached hydrogen (secondary N) is 1. The van der Waals surface area contributed by atoms with E-state index in [1.54, 1.807) is 0 Å². The zero-order chi connectivity index (χ0) is 15.1. The van der Waals surface area contributed by atoms with Crippen molar-refractivity contribution in [1.29, 1.82) is 0 Å². The number of rotatable bonds is 7. The molecular weight excluding hydrogens is 282 g/mol. The van der Waals surface area contributed by atoms with Crippen molar-refractivity contribution < 1.29 is 4.74 Å². The molecule has 3 heteroatoms. The van der Waals surface area contributed by atoms with Crippen LogP contribution < -0.4 is 10.1 Å². The Labute approximate surface area is 132 Å². The van der Waals surface area contributed by atoms with E-state index >= 15 is 0 Å². The summed E-state index contributed by atoms with van der Waals surface area (Å²) in [7, 11) is 0. The molecule has 0 unspecified atom stereocenters. The SMILES string of the molecule is CCCOc1ccc(-c2ccc(CNCC)cc2Cl)cc1. The summed E-state index contributed by atoms with van der Waals surface area (Å²) >= 11 is 6.41. The molecule has 0 fully saturated rings. The second-order valence-corrected chi connectivity index (χ2v) is 5.37. The van der Waals surface area contributed by atoms with Crippen LogP contribution in [0.25, 0.3) is 11.1 Å². The molecule has 1 N–H and O–H groups in total. The first-order valence-electron chi connectivity index (χ1n) is 7.47. The smallest absolute Gasteiger partial charge is 0.119 e. The van der Waals surface area contributed by atoms with E-state index in [1.165, 1.54) is 5.56 Å². The Morgan fingerprint density at radius 3 is 2.43 bits per heavy atom. The molecule has 112 valence electrons. The lowest BCUT2D eigenvalue weighted by Gasteiger charge is -2.09. The Hall–Kier alpha value is -1.51. The van der Waals surface area contributed by atoms with Crippen LogP contribution >= 0.6 is 11.6 Å². The number of ether oxygens (including phenoxy) is 1. The molecular formula is C18H22ClNO. The fourth-order valence-electron chi connectivity index (χ4n) is 2.12. The van der Waals surface area contributed by atoms with Crippen LogP contribution in [0.15, 0.2) is 42.5 Å². The van der Waals surface area contributed by atoms with Gasteiger partial charge in [-0.25, -0.2) is 0 Å². The van der Waals surface area contributed by atoms with Gasteiger partial charge < -0.3 is 10.1 Å². The normalized spacial score (nSPS) is 10.6. The van der Waals surface area contributed by atoms with E-state index in [-0.39, 0.29) is 0 Å². The largest absolute Gasteiger partial charge is 0.494 e. The molecule has 2 aromatic rings. The van der Waals surface area contributed by atoms with Crippen LogP contribution in [-0.4, -0.2) is 13.2 Å². The molecule has 0 spiro atoms. The zero-order valence-corrected chi connectivity index (χ0v) is 13.4. The molecule has 21 heavy (non-hydrogen) atoms. The van der Waals surface area contributed by atoms with Crippen LogP contribution in [0.4, 0.5) is 0 Å². The van der Waals surface area contributed by atoms with Crippen molar-refractivity contribution in [2.75, 3.05) is 13.2 Å². The zero-order valence-electron chi connectivity index (χ0n) is 12.7. The summed E-state index contributed by atoms with van der Waals surface area (Å²) in [5, 5.41) is 4.09. The van der Waals surface area contributed by atoms with Gasteiger partial charge in [0.2, 0.25) is 0 Å². The quantitative estimate of drug-likeness (QED) is 0.785. The number of halogens is 1. The van der Waals surface area contributed by atoms with Crippen molar-refractivity contribution in [3.63, 3.8) is 0 Å². The summed E-state index contributed by atoms with van der Waals surface area (Å²) < 4.78 is 5.60. The predicted molar refractivity (Wildman–Crippen MR) is 90.1 cm³/mol. The molecule has 0 aliphatic carbocycles. The minimum Gasteiger partial charge on any atom is -0.494 e. The van der Waals surface area contributed by atoms with Gasteiger partial charge >= 0.3 is 0 Å². The molecule has 0 aliphatic rings. The van der Waals surface area contributed by atoms with E-state index in [0.717, 1.165) is 48.0 Å². The van der Waals surface area contributed by atoms with Crippen molar-refractivity contribution >= 4 is 11.6 Å². The van der Waals surface area contributed by atoms with Gasteiger partial charge in [-0.05, 0) is 42.3 Å². The van der Waals surface area contributed by atoms with Crippen molar-refractivity contribution in [3.8, 4) is 16.9 Å². The molecule has 0 saturated carbocycles. The first-order chi connectivity index (χ1) is 10.2. The van der Waals surface area contributed by atoms with Crippen molar-refractivity contribution in [3.05, 3.63) is 53.1 Å². The molecule has 0 saturated heterocycles. The summed E-state index contributed by atoms with van der Waals surface area (Å²) in [5.74, 6) is 0.903. The van der Waals surface area contributed by atoms with Crippen LogP contribution in [0.1, 0.15) is 25.8 Å². The van der Waals surface area contributed by atoms with Gasteiger partial charge in [-0.15, -0.1) is 0 Å². The van der Waals surface area contributed by atoms with Gasteiger partial charge in [-0.3, -0.25) is 0 Å². The number of hydrogen-bond acceptors (Lipinski definition) is 2. The summed E-state index contributed by atoms with van der Waals surface area (Å²) in [6, 6.07) is 14.3. The maximum absolute atomic E-state index is 6.41. The van der Waals surface area contributed by atoms with Gasteiger partial charge in [0.15, 0.2) is 0 Å². The third-order valence-corrected chi connectivity index (χ3v) is 3.56. The van der Waals surface area contributed by atoms with E-state index in [4.69, 9.17) is 16.3 Å². The maximum atomic E-state index is 6.41. The van der Waals surface area contributed by atoms with Crippen LogP contribution in [0.2, 0.25) is 5.02 Å². The van der Waals surface area contributed by atoms with Crippen molar-refractivity contribution in [2.45, 2.75) is 26.8 Å². The lowest BCUT2D eigenvalue weighted by atomic mass is 10.0. The Bertz CT molecular complexity index is 566. The van der Waals surface area contributed by atoms with E-state index in [2.05, 4.69) is 43.4 Å². The molecule has 2 rings (SSSR count). The van der Waals surface area contributed by atoms with E-state index in [1.807, 2.05) is 18.2 Å². The fraction of sp³-hybridized carbons (Fsp3) is 0.333. The summed E-state index contributed by atoms with van der Waals surface area (Å²) in [6.45, 7) is 6.75. The predicted octanol–water partition coefficient (Wildman–Crippen LogP) is 4.91. The Kier molecular flexibility index (Phi) is 6.09. The molecule has 0 radical (unpaired) electrons. The second kappa shape index (κ2) is 8.06. The molecule has 0 heterocycles. The topological polar surface area (TPSA) is 21.3 Å². The van der Waals surface area contributed by atoms with E-state index in [9.17, 15) is 0 Å². The van der Waals surface area contributed by atoms with Crippen molar-refractivity contribution in [2.24, 2.45) is 0 Å². The first kappa shape index (κ1) is 15.9. The van der Waals surface area contributed by atoms with Gasteiger partial charge in [0.25, 0.3) is 0 Å². The molecule has 0 amide bonds. The minimum atomic E-state index is 0.749. The molecule has 2 aromatic carbocycles. The average molecular weight is 304 g/mol. The van der Waals surface area contributed by atoms with Gasteiger partial charge in [-0.2, -0.15) is 0 Å². The summed E-state index contributed by atoms with van der Waals surface area (Å²) in [6.07, 6.45) is 1.01. The second-order valence-electron chi connectivity index (χ2n) is 4.97. The lowest BCUT2D eigenvalue weighted by molar-refractivity contribution is 0.317. The van der Waals surface area contributed by atoms with E-state index in [0.29, 0.717) is 0 Å². The van der Waals surface area contributed by atoms with Gasteiger partial charge in [0, 0.05) is 17.1 Å². The molecule has 0 atom stereocenters. The van der Waals surface area contributed by atoms with Gasteiger partial charge in [0.05, 0.1) is 6.61 Å². The van der Waals surface area contributed by atoms with Crippen molar-refractivity contribution in [1.82, 2.24) is 5.32 Å². The Balaban J connectivity index is 2.13. The van der Waals surface area contributed by atoms with Crippen LogP contribution in [0, 0.1) is 0 Å².